The molecule has 5 heteroatoms. The molecule has 1 aliphatic heterocycles. The Morgan fingerprint density at radius 3 is 2.53 bits per heavy atom. The molecule has 1 heterocycles. The number of Topliss-reactive ketones (excluding diaryl/α,β-unsaturated/α-hetero) is 1. The average molecular weight is 263 g/mol. The second kappa shape index (κ2) is 5.30. The molecule has 2 rings (SSSR count). The van der Waals surface area contributed by atoms with Gasteiger partial charge < -0.3 is 14.8 Å². The van der Waals surface area contributed by atoms with Gasteiger partial charge in [0, 0.05) is 17.5 Å². The van der Waals surface area contributed by atoms with E-state index >= 15 is 0 Å². The maximum absolute atomic E-state index is 11.9. The van der Waals surface area contributed by atoms with Crippen molar-refractivity contribution in [2.45, 2.75) is 27.2 Å². The third-order valence-electron chi connectivity index (χ3n) is 3.21. The molecule has 0 radical (unpaired) electrons. The quantitative estimate of drug-likeness (QED) is 0.848. The molecule has 0 saturated heterocycles. The average Bonchev–Trinajstić information content (AvgIpc) is 2.83. The number of carbonyl (C=O) groups is 2. The van der Waals surface area contributed by atoms with Crippen LogP contribution in [-0.2, 0) is 4.79 Å². The Morgan fingerprint density at radius 2 is 1.95 bits per heavy atom. The van der Waals surface area contributed by atoms with Crippen LogP contribution in [-0.4, -0.2) is 18.5 Å². The molecule has 0 bridgehead atoms. The smallest absolute Gasteiger partial charge is 0.231 e. The molecule has 0 spiro atoms. The van der Waals surface area contributed by atoms with Gasteiger partial charge in [0.1, 0.15) is 0 Å². The second-order valence-electron chi connectivity index (χ2n) is 4.61. The highest BCUT2D eigenvalue weighted by Gasteiger charge is 2.21. The number of hydrogen-bond acceptors (Lipinski definition) is 4. The summed E-state index contributed by atoms with van der Waals surface area (Å²) in [5.74, 6) is 0.739. The predicted octanol–water partition coefficient (Wildman–Crippen LogP) is 2.60. The zero-order valence-corrected chi connectivity index (χ0v) is 11.3. The number of hydrogen-bond donors (Lipinski definition) is 1. The minimum atomic E-state index is -0.127. The summed E-state index contributed by atoms with van der Waals surface area (Å²) >= 11 is 0. The molecule has 1 aliphatic rings. The van der Waals surface area contributed by atoms with Crippen molar-refractivity contribution >= 4 is 17.4 Å². The van der Waals surface area contributed by atoms with Crippen molar-refractivity contribution < 1.29 is 19.1 Å². The van der Waals surface area contributed by atoms with E-state index in [1.807, 2.05) is 13.8 Å². The van der Waals surface area contributed by atoms with Gasteiger partial charge >= 0.3 is 0 Å². The van der Waals surface area contributed by atoms with E-state index in [-0.39, 0.29) is 24.4 Å². The van der Waals surface area contributed by atoms with Crippen LogP contribution in [0.25, 0.3) is 0 Å². The first-order chi connectivity index (χ1) is 9.02. The van der Waals surface area contributed by atoms with Crippen molar-refractivity contribution in [3.63, 3.8) is 0 Å². The van der Waals surface area contributed by atoms with Gasteiger partial charge in [0.2, 0.25) is 12.7 Å². The first-order valence-electron chi connectivity index (χ1n) is 6.28. The fourth-order valence-corrected chi connectivity index (χ4v) is 1.78. The van der Waals surface area contributed by atoms with Crippen LogP contribution in [0.1, 0.15) is 37.6 Å². The van der Waals surface area contributed by atoms with Crippen LogP contribution in [0.3, 0.4) is 0 Å². The minimum Gasteiger partial charge on any atom is -0.454 e. The normalized spacial score (nSPS) is 14.1. The molecular weight excluding hydrogens is 246 g/mol. The van der Waals surface area contributed by atoms with Crippen molar-refractivity contribution in [2.24, 2.45) is 5.92 Å². The monoisotopic (exact) mass is 263 g/mol. The third-order valence-corrected chi connectivity index (χ3v) is 3.21. The summed E-state index contributed by atoms with van der Waals surface area (Å²) in [4.78, 5) is 23.6. The summed E-state index contributed by atoms with van der Waals surface area (Å²) in [6.45, 7) is 5.37. The SMILES string of the molecule is CCC(C)C(=O)Nc1cc2c(cc1C(C)=O)OCO2. The zero-order valence-electron chi connectivity index (χ0n) is 11.3. The van der Waals surface area contributed by atoms with Crippen LogP contribution in [0.4, 0.5) is 5.69 Å². The van der Waals surface area contributed by atoms with Gasteiger partial charge in [-0.05, 0) is 19.4 Å². The summed E-state index contributed by atoms with van der Waals surface area (Å²) < 4.78 is 10.5. The molecule has 5 nitrogen and oxygen atoms in total. The van der Waals surface area contributed by atoms with Crippen LogP contribution in [0.15, 0.2) is 12.1 Å². The predicted molar refractivity (Wildman–Crippen MR) is 70.7 cm³/mol. The van der Waals surface area contributed by atoms with Gasteiger partial charge in [-0.25, -0.2) is 0 Å². The van der Waals surface area contributed by atoms with Crippen molar-refractivity contribution in [3.8, 4) is 11.5 Å². The fourth-order valence-electron chi connectivity index (χ4n) is 1.78. The number of carbonyl (C=O) groups excluding carboxylic acids is 2. The van der Waals surface area contributed by atoms with E-state index < -0.39 is 0 Å². The van der Waals surface area contributed by atoms with E-state index in [0.29, 0.717) is 22.7 Å². The number of fused-ring (bicyclic) bond motifs is 1. The number of benzene rings is 1. The Kier molecular flexibility index (Phi) is 3.74. The summed E-state index contributed by atoms with van der Waals surface area (Å²) in [5, 5.41) is 2.78. The first kappa shape index (κ1) is 13.4. The van der Waals surface area contributed by atoms with Crippen LogP contribution in [0.5, 0.6) is 11.5 Å². The molecule has 1 unspecified atom stereocenters. The molecule has 0 aromatic heterocycles. The van der Waals surface area contributed by atoms with Gasteiger partial charge in [0.25, 0.3) is 0 Å². The van der Waals surface area contributed by atoms with Gasteiger partial charge in [-0.15, -0.1) is 0 Å². The Balaban J connectivity index is 2.33. The number of anilines is 1. The third kappa shape index (κ3) is 2.70. The summed E-state index contributed by atoms with van der Waals surface area (Å²) in [5.41, 5.74) is 0.906. The van der Waals surface area contributed by atoms with Gasteiger partial charge in [-0.3, -0.25) is 9.59 Å². The molecular formula is C14H17NO4. The number of ketones is 1. The van der Waals surface area contributed by atoms with Gasteiger partial charge in [0.05, 0.1) is 5.69 Å². The lowest BCUT2D eigenvalue weighted by atomic mass is 10.1. The molecule has 19 heavy (non-hydrogen) atoms. The molecule has 1 aromatic rings. The van der Waals surface area contributed by atoms with Crippen molar-refractivity contribution in [1.82, 2.24) is 0 Å². The van der Waals surface area contributed by atoms with E-state index in [4.69, 9.17) is 9.47 Å². The highest BCUT2D eigenvalue weighted by Crippen LogP contribution is 2.37. The Morgan fingerprint density at radius 1 is 1.32 bits per heavy atom. The van der Waals surface area contributed by atoms with Crippen molar-refractivity contribution in [2.75, 3.05) is 12.1 Å². The van der Waals surface area contributed by atoms with Crippen LogP contribution in [0.2, 0.25) is 0 Å². The van der Waals surface area contributed by atoms with E-state index in [1.165, 1.54) is 6.92 Å². The largest absolute Gasteiger partial charge is 0.454 e. The van der Waals surface area contributed by atoms with Crippen molar-refractivity contribution in [3.05, 3.63) is 17.7 Å². The van der Waals surface area contributed by atoms with Crippen LogP contribution >= 0.6 is 0 Å². The summed E-state index contributed by atoms with van der Waals surface area (Å²) in [6, 6.07) is 3.25. The number of rotatable bonds is 4. The van der Waals surface area contributed by atoms with Gasteiger partial charge in [-0.2, -0.15) is 0 Å². The fraction of sp³-hybridized carbons (Fsp3) is 0.429. The number of nitrogens with one attached hydrogen (secondary N) is 1. The van der Waals surface area contributed by atoms with E-state index in [0.717, 1.165) is 6.42 Å². The molecule has 0 saturated carbocycles. The van der Waals surface area contributed by atoms with E-state index in [1.54, 1.807) is 12.1 Å². The highest BCUT2D eigenvalue weighted by molar-refractivity contribution is 6.05. The van der Waals surface area contributed by atoms with E-state index in [2.05, 4.69) is 5.32 Å². The molecule has 0 aliphatic carbocycles. The zero-order chi connectivity index (χ0) is 14.0. The molecule has 1 atom stereocenters. The molecule has 102 valence electrons. The molecule has 1 N–H and O–H groups in total. The molecule has 1 aromatic carbocycles. The summed E-state index contributed by atoms with van der Waals surface area (Å²) in [6.07, 6.45) is 0.742. The number of ether oxygens (including phenoxy) is 2. The lowest BCUT2D eigenvalue weighted by molar-refractivity contribution is -0.119. The second-order valence-corrected chi connectivity index (χ2v) is 4.61. The molecule has 0 fully saturated rings. The van der Waals surface area contributed by atoms with Crippen molar-refractivity contribution in [1.29, 1.82) is 0 Å². The van der Waals surface area contributed by atoms with E-state index in [9.17, 15) is 9.59 Å². The Labute approximate surface area is 111 Å². The first-order valence-corrected chi connectivity index (χ1v) is 6.28. The lowest BCUT2D eigenvalue weighted by Crippen LogP contribution is -2.21. The summed E-state index contributed by atoms with van der Waals surface area (Å²) in [7, 11) is 0. The van der Waals surface area contributed by atoms with Crippen LogP contribution in [0, 0.1) is 5.92 Å². The Hall–Kier alpha value is -2.04. The maximum atomic E-state index is 11.9. The highest BCUT2D eigenvalue weighted by atomic mass is 16.7. The van der Waals surface area contributed by atoms with Gasteiger partial charge in [-0.1, -0.05) is 13.8 Å². The van der Waals surface area contributed by atoms with Crippen LogP contribution < -0.4 is 14.8 Å². The number of amides is 1. The van der Waals surface area contributed by atoms with Gasteiger partial charge in [0.15, 0.2) is 17.3 Å². The lowest BCUT2D eigenvalue weighted by Gasteiger charge is -2.13. The Bertz CT molecular complexity index is 524. The minimum absolute atomic E-state index is 0.106. The maximum Gasteiger partial charge on any atom is 0.231 e. The standard InChI is InChI=1S/C14H17NO4/c1-4-8(2)14(17)15-11-6-13-12(18-7-19-13)5-10(11)9(3)16/h5-6,8H,4,7H2,1-3H3,(H,15,17). The topological polar surface area (TPSA) is 64.6 Å². The molecule has 1 amide bonds.